The number of benzene rings is 1. The third-order valence-corrected chi connectivity index (χ3v) is 7.73. The molecule has 29 heavy (non-hydrogen) atoms. The Morgan fingerprint density at radius 2 is 1.69 bits per heavy atom. The summed E-state index contributed by atoms with van der Waals surface area (Å²) in [6.07, 6.45) is 3.27. The molecule has 6 nitrogen and oxygen atoms in total. The lowest BCUT2D eigenvalue weighted by molar-refractivity contribution is 0.250. The zero-order valence-corrected chi connectivity index (χ0v) is 16.4. The monoisotopic (exact) mass is 416 g/mol. The summed E-state index contributed by atoms with van der Waals surface area (Å²) < 4.78 is 52.7. The standard InChI is InChI=1S/C20H18F2N4O2S/c1-12-17(18(25-24-12)13-2-4-23-5-3-13)14-6-15(21)19(16(22)7-14)26-8-20(9-26)10-29(27,28)11-20/h2-7H,8-11H2,1H3,(H,24,25). The third kappa shape index (κ3) is 2.91. The lowest BCUT2D eigenvalue weighted by Crippen LogP contribution is -2.68. The number of nitrogens with one attached hydrogen (secondary N) is 1. The molecule has 0 atom stereocenters. The molecular weight excluding hydrogens is 398 g/mol. The Labute approximate surface area is 166 Å². The van der Waals surface area contributed by atoms with Gasteiger partial charge in [-0.15, -0.1) is 0 Å². The number of anilines is 1. The van der Waals surface area contributed by atoms with E-state index in [4.69, 9.17) is 0 Å². The molecule has 0 bridgehead atoms. The fourth-order valence-corrected chi connectivity index (χ4v) is 6.65. The van der Waals surface area contributed by atoms with Crippen molar-refractivity contribution >= 4 is 15.5 Å². The summed E-state index contributed by atoms with van der Waals surface area (Å²) in [4.78, 5) is 5.56. The molecule has 2 aliphatic heterocycles. The van der Waals surface area contributed by atoms with Gasteiger partial charge in [-0.1, -0.05) is 0 Å². The molecule has 9 heteroatoms. The minimum Gasteiger partial charge on any atom is -0.365 e. The Bertz CT molecular complexity index is 1180. The maximum absolute atomic E-state index is 14.9. The Kier molecular flexibility index (Phi) is 3.83. The van der Waals surface area contributed by atoms with E-state index in [2.05, 4.69) is 15.2 Å². The van der Waals surface area contributed by atoms with E-state index < -0.39 is 21.5 Å². The molecule has 0 radical (unpaired) electrons. The van der Waals surface area contributed by atoms with Crippen molar-refractivity contribution in [2.45, 2.75) is 6.92 Å². The van der Waals surface area contributed by atoms with Crippen molar-refractivity contribution in [3.05, 3.63) is 54.0 Å². The van der Waals surface area contributed by atoms with Crippen molar-refractivity contribution in [2.24, 2.45) is 5.41 Å². The predicted octanol–water partition coefficient (Wildman–Crippen LogP) is 2.96. The van der Waals surface area contributed by atoms with Crippen molar-refractivity contribution in [3.8, 4) is 22.4 Å². The number of H-pyrrole nitrogens is 1. The Morgan fingerprint density at radius 3 is 2.28 bits per heavy atom. The average molecular weight is 416 g/mol. The van der Waals surface area contributed by atoms with E-state index in [0.29, 0.717) is 35.6 Å². The fraction of sp³-hybridized carbons (Fsp3) is 0.300. The van der Waals surface area contributed by atoms with Gasteiger partial charge in [-0.2, -0.15) is 5.10 Å². The zero-order chi connectivity index (χ0) is 20.4. The van der Waals surface area contributed by atoms with E-state index in [1.807, 2.05) is 0 Å². The maximum atomic E-state index is 14.9. The number of hydrogen-bond acceptors (Lipinski definition) is 5. The molecule has 0 unspecified atom stereocenters. The highest BCUT2D eigenvalue weighted by atomic mass is 32.2. The highest BCUT2D eigenvalue weighted by Crippen LogP contribution is 2.45. The maximum Gasteiger partial charge on any atom is 0.151 e. The number of nitrogens with zero attached hydrogens (tertiary/aromatic N) is 3. The van der Waals surface area contributed by atoms with Gasteiger partial charge in [0.15, 0.2) is 9.84 Å². The normalized spacial score (nSPS) is 19.1. The van der Waals surface area contributed by atoms with Gasteiger partial charge in [0.2, 0.25) is 0 Å². The second-order valence-corrected chi connectivity index (χ2v) is 10.0. The molecule has 3 aromatic rings. The van der Waals surface area contributed by atoms with E-state index in [-0.39, 0.29) is 22.6 Å². The van der Waals surface area contributed by atoms with Crippen LogP contribution in [-0.4, -0.2) is 48.2 Å². The topological polar surface area (TPSA) is 79.0 Å². The zero-order valence-electron chi connectivity index (χ0n) is 15.6. The van der Waals surface area contributed by atoms with Crippen LogP contribution in [0.2, 0.25) is 0 Å². The molecule has 2 saturated heterocycles. The molecule has 5 rings (SSSR count). The van der Waals surface area contributed by atoms with Gasteiger partial charge in [-0.25, -0.2) is 17.2 Å². The van der Waals surface area contributed by atoms with Gasteiger partial charge in [0.25, 0.3) is 0 Å². The summed E-state index contributed by atoms with van der Waals surface area (Å²) in [6.45, 7) is 2.51. The molecule has 2 aliphatic rings. The molecular formula is C20H18F2N4O2S. The van der Waals surface area contributed by atoms with Gasteiger partial charge >= 0.3 is 0 Å². The van der Waals surface area contributed by atoms with Crippen LogP contribution in [0.25, 0.3) is 22.4 Å². The molecule has 2 aromatic heterocycles. The summed E-state index contributed by atoms with van der Waals surface area (Å²) in [5, 5.41) is 7.18. The van der Waals surface area contributed by atoms with Crippen molar-refractivity contribution in [1.29, 1.82) is 0 Å². The first kappa shape index (κ1) is 18.2. The minimum atomic E-state index is -2.98. The Balaban J connectivity index is 1.48. The van der Waals surface area contributed by atoms with Crippen molar-refractivity contribution < 1.29 is 17.2 Å². The fourth-order valence-electron chi connectivity index (χ4n) is 4.51. The molecule has 150 valence electrons. The largest absolute Gasteiger partial charge is 0.365 e. The lowest BCUT2D eigenvalue weighted by atomic mass is 9.82. The molecule has 1 N–H and O–H groups in total. The Hall–Kier alpha value is -2.81. The number of aromatic nitrogens is 3. The number of pyridine rings is 1. The van der Waals surface area contributed by atoms with Gasteiger partial charge in [0.05, 0.1) is 11.5 Å². The molecule has 1 spiro atoms. The SMILES string of the molecule is Cc1[nH]nc(-c2ccncc2)c1-c1cc(F)c(N2CC3(C2)CS(=O)(=O)C3)c(F)c1. The molecule has 0 amide bonds. The van der Waals surface area contributed by atoms with Gasteiger partial charge in [-0.3, -0.25) is 10.1 Å². The Morgan fingerprint density at radius 1 is 1.07 bits per heavy atom. The summed E-state index contributed by atoms with van der Waals surface area (Å²) in [5.41, 5.74) is 2.67. The van der Waals surface area contributed by atoms with Crippen LogP contribution in [0.3, 0.4) is 0 Å². The minimum absolute atomic E-state index is 0.0985. The van der Waals surface area contributed by atoms with Crippen LogP contribution in [0.15, 0.2) is 36.7 Å². The van der Waals surface area contributed by atoms with Gasteiger partial charge in [0, 0.05) is 47.7 Å². The first-order valence-electron chi connectivity index (χ1n) is 9.17. The quantitative estimate of drug-likeness (QED) is 0.710. The summed E-state index contributed by atoms with van der Waals surface area (Å²) in [5.74, 6) is -1.14. The van der Waals surface area contributed by atoms with Crippen LogP contribution in [0.5, 0.6) is 0 Å². The lowest BCUT2D eigenvalue weighted by Gasteiger charge is -2.55. The second-order valence-electron chi connectivity index (χ2n) is 7.98. The molecule has 2 fully saturated rings. The van der Waals surface area contributed by atoms with E-state index >= 15 is 0 Å². The summed E-state index contributed by atoms with van der Waals surface area (Å²) in [6, 6.07) is 6.19. The number of sulfone groups is 1. The van der Waals surface area contributed by atoms with Crippen LogP contribution in [0.1, 0.15) is 5.69 Å². The molecule has 4 heterocycles. The number of aromatic amines is 1. The summed E-state index contributed by atoms with van der Waals surface area (Å²) >= 11 is 0. The van der Waals surface area contributed by atoms with E-state index in [1.165, 1.54) is 12.1 Å². The highest BCUT2D eigenvalue weighted by Gasteiger charge is 2.56. The number of hydrogen-bond donors (Lipinski definition) is 1. The van der Waals surface area contributed by atoms with Crippen LogP contribution >= 0.6 is 0 Å². The van der Waals surface area contributed by atoms with Crippen molar-refractivity contribution in [3.63, 3.8) is 0 Å². The van der Waals surface area contributed by atoms with E-state index in [0.717, 1.165) is 5.56 Å². The number of halogens is 2. The van der Waals surface area contributed by atoms with Gasteiger partial charge < -0.3 is 4.90 Å². The van der Waals surface area contributed by atoms with Crippen LogP contribution in [0.4, 0.5) is 14.5 Å². The number of rotatable bonds is 3. The molecule has 1 aromatic carbocycles. The van der Waals surface area contributed by atoms with Crippen LogP contribution in [-0.2, 0) is 9.84 Å². The predicted molar refractivity (Wildman–Crippen MR) is 105 cm³/mol. The first-order valence-corrected chi connectivity index (χ1v) is 11.0. The number of aryl methyl sites for hydroxylation is 1. The smallest absolute Gasteiger partial charge is 0.151 e. The average Bonchev–Trinajstić information content (AvgIpc) is 3.00. The van der Waals surface area contributed by atoms with Crippen molar-refractivity contribution in [2.75, 3.05) is 29.5 Å². The van der Waals surface area contributed by atoms with Crippen molar-refractivity contribution in [1.82, 2.24) is 15.2 Å². The van der Waals surface area contributed by atoms with Crippen LogP contribution in [0, 0.1) is 24.0 Å². The third-order valence-electron chi connectivity index (χ3n) is 5.63. The van der Waals surface area contributed by atoms with Gasteiger partial charge in [-0.05, 0) is 36.8 Å². The summed E-state index contributed by atoms with van der Waals surface area (Å²) in [7, 11) is -2.98. The highest BCUT2D eigenvalue weighted by molar-refractivity contribution is 7.92. The first-order chi connectivity index (χ1) is 13.8. The van der Waals surface area contributed by atoms with E-state index in [1.54, 1.807) is 36.4 Å². The van der Waals surface area contributed by atoms with E-state index in [9.17, 15) is 17.2 Å². The van der Waals surface area contributed by atoms with Gasteiger partial charge in [0.1, 0.15) is 23.0 Å². The molecule has 0 aliphatic carbocycles. The van der Waals surface area contributed by atoms with Crippen LogP contribution < -0.4 is 4.90 Å². The second kappa shape index (κ2) is 6.09. The molecule has 0 saturated carbocycles.